The number of nitrogens with zero attached hydrogens (tertiary/aromatic N) is 3. The second-order valence-electron chi connectivity index (χ2n) is 6.28. The number of hydrogen-bond acceptors (Lipinski definition) is 5. The van der Waals surface area contributed by atoms with E-state index in [1.165, 1.54) is 0 Å². The van der Waals surface area contributed by atoms with Crippen LogP contribution in [-0.4, -0.2) is 74.1 Å². The van der Waals surface area contributed by atoms with Crippen molar-refractivity contribution in [2.45, 2.75) is 32.0 Å². The lowest BCUT2D eigenvalue weighted by atomic mass is 10.1. The molecule has 27 heavy (non-hydrogen) atoms. The first-order chi connectivity index (χ1) is 12.8. The number of nitrogens with one attached hydrogen (secondary N) is 1. The highest BCUT2D eigenvalue weighted by Gasteiger charge is 2.32. The van der Waals surface area contributed by atoms with Gasteiger partial charge in [-0.25, -0.2) is 9.98 Å². The Labute approximate surface area is 182 Å². The van der Waals surface area contributed by atoms with E-state index < -0.39 is 0 Å². The quantitative estimate of drug-likeness (QED) is 0.275. The minimum Gasteiger partial charge on any atom is -0.475 e. The van der Waals surface area contributed by atoms with Gasteiger partial charge >= 0.3 is 0 Å². The molecule has 1 aromatic rings. The molecule has 0 aromatic carbocycles. The number of aliphatic imine (C=N–C) groups is 1. The lowest BCUT2D eigenvalue weighted by molar-refractivity contribution is -0.0817. The molecular formula is C18H28ClIN4O3. The topological polar surface area (TPSA) is 68.2 Å². The van der Waals surface area contributed by atoms with Crippen molar-refractivity contribution in [3.8, 4) is 5.88 Å². The fraction of sp³-hybridized carbons (Fsp3) is 0.667. The Morgan fingerprint density at radius 2 is 2.26 bits per heavy atom. The molecule has 7 nitrogen and oxygen atoms in total. The summed E-state index contributed by atoms with van der Waals surface area (Å²) >= 11 is 6.05. The summed E-state index contributed by atoms with van der Waals surface area (Å²) in [6.45, 7) is 6.97. The number of ether oxygens (including phenoxy) is 3. The fourth-order valence-corrected chi connectivity index (χ4v) is 3.36. The van der Waals surface area contributed by atoms with Gasteiger partial charge in [-0.2, -0.15) is 0 Å². The van der Waals surface area contributed by atoms with Gasteiger partial charge in [0.25, 0.3) is 0 Å². The van der Waals surface area contributed by atoms with Gasteiger partial charge in [0.05, 0.1) is 19.3 Å². The van der Waals surface area contributed by atoms with Crippen molar-refractivity contribution in [3.05, 3.63) is 23.4 Å². The van der Waals surface area contributed by atoms with Crippen molar-refractivity contribution in [3.63, 3.8) is 0 Å². The average Bonchev–Trinajstić information content (AvgIpc) is 3.20. The minimum atomic E-state index is 0. The zero-order valence-electron chi connectivity index (χ0n) is 15.6. The highest BCUT2D eigenvalue weighted by atomic mass is 127. The second kappa shape index (κ2) is 11.9. The standard InChI is InChI=1S/C18H27ClN4O3.HI/c1-2-20-18(22-8-11-26-17-14(19)5-3-7-21-17)23-9-12-25-16(13-23)15-6-4-10-24-15;/h3,5,7,15-16H,2,4,6,8-13H2,1H3,(H,20,22);1H. The van der Waals surface area contributed by atoms with Crippen molar-refractivity contribution in [2.75, 3.05) is 46.0 Å². The Bertz CT molecular complexity index is 602. The molecule has 0 amide bonds. The fourth-order valence-electron chi connectivity index (χ4n) is 3.19. The number of aromatic nitrogens is 1. The first-order valence-corrected chi connectivity index (χ1v) is 9.65. The maximum absolute atomic E-state index is 6.05. The Morgan fingerprint density at radius 1 is 1.41 bits per heavy atom. The minimum absolute atomic E-state index is 0. The lowest BCUT2D eigenvalue weighted by Gasteiger charge is -2.37. The van der Waals surface area contributed by atoms with E-state index in [-0.39, 0.29) is 36.2 Å². The molecule has 2 unspecified atom stereocenters. The maximum Gasteiger partial charge on any atom is 0.232 e. The van der Waals surface area contributed by atoms with E-state index in [4.69, 9.17) is 25.8 Å². The molecule has 3 rings (SSSR count). The van der Waals surface area contributed by atoms with Crippen LogP contribution in [0.4, 0.5) is 0 Å². The molecule has 2 aliphatic heterocycles. The molecule has 152 valence electrons. The lowest BCUT2D eigenvalue weighted by Crippen LogP contribution is -2.53. The highest BCUT2D eigenvalue weighted by Crippen LogP contribution is 2.21. The predicted octanol–water partition coefficient (Wildman–Crippen LogP) is 2.58. The Hall–Kier alpha value is -0.840. The third-order valence-corrected chi connectivity index (χ3v) is 4.71. The average molecular weight is 511 g/mol. The van der Waals surface area contributed by atoms with Crippen LogP contribution in [0.2, 0.25) is 5.02 Å². The molecule has 2 fully saturated rings. The van der Waals surface area contributed by atoms with Gasteiger partial charge in [0.2, 0.25) is 5.88 Å². The van der Waals surface area contributed by atoms with Gasteiger partial charge in [-0.05, 0) is 31.9 Å². The van der Waals surface area contributed by atoms with Crippen LogP contribution in [0.5, 0.6) is 5.88 Å². The summed E-state index contributed by atoms with van der Waals surface area (Å²) < 4.78 is 17.3. The van der Waals surface area contributed by atoms with E-state index in [2.05, 4.69) is 27.1 Å². The van der Waals surface area contributed by atoms with Crippen molar-refractivity contribution in [1.29, 1.82) is 0 Å². The van der Waals surface area contributed by atoms with Crippen LogP contribution in [0, 0.1) is 0 Å². The van der Waals surface area contributed by atoms with Gasteiger partial charge in [-0.3, -0.25) is 0 Å². The summed E-state index contributed by atoms with van der Waals surface area (Å²) in [5.74, 6) is 1.33. The number of hydrogen-bond donors (Lipinski definition) is 1. The Kier molecular flexibility index (Phi) is 9.88. The molecule has 2 atom stereocenters. The number of rotatable bonds is 6. The predicted molar refractivity (Wildman–Crippen MR) is 116 cm³/mol. The normalized spacial score (nSPS) is 23.0. The first kappa shape index (κ1) is 22.4. The monoisotopic (exact) mass is 510 g/mol. The summed E-state index contributed by atoms with van der Waals surface area (Å²) in [6.07, 6.45) is 4.17. The number of halogens is 2. The molecule has 2 saturated heterocycles. The van der Waals surface area contributed by atoms with Crippen LogP contribution < -0.4 is 10.1 Å². The van der Waals surface area contributed by atoms with Crippen LogP contribution in [0.25, 0.3) is 0 Å². The summed E-state index contributed by atoms with van der Waals surface area (Å²) in [5, 5.41) is 3.87. The van der Waals surface area contributed by atoms with Crippen LogP contribution >= 0.6 is 35.6 Å². The number of morpholine rings is 1. The summed E-state index contributed by atoms with van der Waals surface area (Å²) in [5.41, 5.74) is 0. The van der Waals surface area contributed by atoms with Crippen molar-refractivity contribution < 1.29 is 14.2 Å². The Balaban J connectivity index is 0.00000261. The zero-order chi connectivity index (χ0) is 18.2. The molecule has 3 heterocycles. The van der Waals surface area contributed by atoms with E-state index >= 15 is 0 Å². The van der Waals surface area contributed by atoms with E-state index in [1.54, 1.807) is 18.3 Å². The highest BCUT2D eigenvalue weighted by molar-refractivity contribution is 14.0. The maximum atomic E-state index is 6.05. The molecule has 9 heteroatoms. The van der Waals surface area contributed by atoms with E-state index in [9.17, 15) is 0 Å². The van der Waals surface area contributed by atoms with Gasteiger partial charge < -0.3 is 24.4 Å². The van der Waals surface area contributed by atoms with Gasteiger partial charge in [0.15, 0.2) is 5.96 Å². The molecule has 0 saturated carbocycles. The molecule has 2 aliphatic rings. The summed E-state index contributed by atoms with van der Waals surface area (Å²) in [6, 6.07) is 3.54. The largest absolute Gasteiger partial charge is 0.475 e. The van der Waals surface area contributed by atoms with Crippen LogP contribution in [0.1, 0.15) is 19.8 Å². The third kappa shape index (κ3) is 6.62. The molecule has 0 bridgehead atoms. The molecule has 0 radical (unpaired) electrons. The van der Waals surface area contributed by atoms with Gasteiger partial charge in [0.1, 0.15) is 17.7 Å². The second-order valence-corrected chi connectivity index (χ2v) is 6.69. The van der Waals surface area contributed by atoms with Crippen LogP contribution in [0.15, 0.2) is 23.3 Å². The molecule has 0 aliphatic carbocycles. The summed E-state index contributed by atoms with van der Waals surface area (Å²) in [7, 11) is 0. The molecule has 1 N–H and O–H groups in total. The molecular weight excluding hydrogens is 483 g/mol. The first-order valence-electron chi connectivity index (χ1n) is 9.27. The van der Waals surface area contributed by atoms with E-state index in [0.717, 1.165) is 45.0 Å². The van der Waals surface area contributed by atoms with Crippen LogP contribution in [-0.2, 0) is 9.47 Å². The Morgan fingerprint density at radius 3 is 3.00 bits per heavy atom. The number of guanidine groups is 1. The summed E-state index contributed by atoms with van der Waals surface area (Å²) in [4.78, 5) is 11.0. The zero-order valence-corrected chi connectivity index (χ0v) is 18.7. The van der Waals surface area contributed by atoms with Crippen LogP contribution in [0.3, 0.4) is 0 Å². The van der Waals surface area contributed by atoms with E-state index in [0.29, 0.717) is 30.7 Å². The van der Waals surface area contributed by atoms with E-state index in [1.807, 2.05) is 0 Å². The van der Waals surface area contributed by atoms with Crippen molar-refractivity contribution in [2.24, 2.45) is 4.99 Å². The smallest absolute Gasteiger partial charge is 0.232 e. The molecule has 0 spiro atoms. The molecule has 1 aromatic heterocycles. The SMILES string of the molecule is CCNC(=NCCOc1ncccc1Cl)N1CCOC(C2CCCO2)C1.I. The third-order valence-electron chi connectivity index (χ3n) is 4.42. The number of pyridine rings is 1. The van der Waals surface area contributed by atoms with Crippen molar-refractivity contribution >= 4 is 41.5 Å². The van der Waals surface area contributed by atoms with Crippen molar-refractivity contribution in [1.82, 2.24) is 15.2 Å². The van der Waals surface area contributed by atoms with Gasteiger partial charge in [-0.1, -0.05) is 11.6 Å². The van der Waals surface area contributed by atoms with Gasteiger partial charge in [0, 0.05) is 32.4 Å². The van der Waals surface area contributed by atoms with Gasteiger partial charge in [-0.15, -0.1) is 24.0 Å².